The highest BCUT2D eigenvalue weighted by atomic mass is 16.5. The first-order valence-corrected chi connectivity index (χ1v) is 7.28. The fraction of sp³-hybridized carbons (Fsp3) is 0.500. The molecule has 2 N–H and O–H groups in total. The average molecular weight is 291 g/mol. The zero-order valence-corrected chi connectivity index (χ0v) is 12.4. The van der Waals surface area contributed by atoms with Crippen molar-refractivity contribution >= 4 is 11.9 Å². The number of nitrogens with one attached hydrogen (secondary N) is 1. The predicted molar refractivity (Wildman–Crippen MR) is 78.2 cm³/mol. The number of aliphatic carboxylic acids is 1. The van der Waals surface area contributed by atoms with Gasteiger partial charge in [-0.1, -0.05) is 32.0 Å². The zero-order chi connectivity index (χ0) is 15.5. The number of para-hydroxylation sites is 1. The van der Waals surface area contributed by atoms with Crippen LogP contribution in [-0.4, -0.2) is 29.1 Å². The molecular weight excluding hydrogens is 270 g/mol. The van der Waals surface area contributed by atoms with Crippen LogP contribution in [0.25, 0.3) is 0 Å². The van der Waals surface area contributed by atoms with Crippen LogP contribution >= 0.6 is 0 Å². The lowest BCUT2D eigenvalue weighted by Crippen LogP contribution is -2.56. The fourth-order valence-electron chi connectivity index (χ4n) is 2.62. The molecule has 0 spiro atoms. The minimum atomic E-state index is -1.19. The molecule has 5 nitrogen and oxygen atoms in total. The zero-order valence-electron chi connectivity index (χ0n) is 12.4. The van der Waals surface area contributed by atoms with E-state index in [-0.39, 0.29) is 18.4 Å². The van der Waals surface area contributed by atoms with Crippen molar-refractivity contribution in [3.63, 3.8) is 0 Å². The molecule has 2 rings (SSSR count). The predicted octanol–water partition coefficient (Wildman–Crippen LogP) is 2.00. The number of hydrogen-bond donors (Lipinski definition) is 2. The Balaban J connectivity index is 2.10. The Labute approximate surface area is 124 Å². The third kappa shape index (κ3) is 3.01. The van der Waals surface area contributed by atoms with E-state index in [2.05, 4.69) is 5.32 Å². The fourth-order valence-corrected chi connectivity index (χ4v) is 2.62. The first-order valence-electron chi connectivity index (χ1n) is 7.28. The molecular formula is C16H21NO4. The van der Waals surface area contributed by atoms with Gasteiger partial charge in [0.15, 0.2) is 0 Å². The number of carboxylic acid groups (broad SMARTS) is 1. The second-order valence-corrected chi connectivity index (χ2v) is 5.40. The van der Waals surface area contributed by atoms with E-state index in [0.29, 0.717) is 19.3 Å². The first-order chi connectivity index (χ1) is 10.0. The molecule has 0 aromatic heterocycles. The SMILES string of the molecule is CCC(CC)(NC(=O)C1COc2ccccc2C1)C(=O)O. The van der Waals surface area contributed by atoms with Crippen LogP contribution in [-0.2, 0) is 16.0 Å². The summed E-state index contributed by atoms with van der Waals surface area (Å²) in [6.07, 6.45) is 1.29. The Bertz CT molecular complexity index is 537. The van der Waals surface area contributed by atoms with Crippen molar-refractivity contribution in [1.82, 2.24) is 5.32 Å². The quantitative estimate of drug-likeness (QED) is 0.870. The van der Waals surface area contributed by atoms with Gasteiger partial charge in [-0.25, -0.2) is 4.79 Å². The highest BCUT2D eigenvalue weighted by molar-refractivity contribution is 5.88. The summed E-state index contributed by atoms with van der Waals surface area (Å²) < 4.78 is 5.59. The summed E-state index contributed by atoms with van der Waals surface area (Å²) in [5.74, 6) is -0.790. The Hall–Kier alpha value is -2.04. The number of fused-ring (bicyclic) bond motifs is 1. The summed E-state index contributed by atoms with van der Waals surface area (Å²) in [6.45, 7) is 3.82. The number of carbonyl (C=O) groups excluding carboxylic acids is 1. The standard InChI is InChI=1S/C16H21NO4/c1-3-16(4-2,15(19)20)17-14(18)12-9-11-7-5-6-8-13(11)21-10-12/h5-8,12H,3-4,9-10H2,1-2H3,(H,17,18)(H,19,20). The van der Waals surface area contributed by atoms with E-state index in [4.69, 9.17) is 4.74 Å². The van der Waals surface area contributed by atoms with E-state index in [0.717, 1.165) is 11.3 Å². The maximum Gasteiger partial charge on any atom is 0.329 e. The minimum Gasteiger partial charge on any atom is -0.492 e. The molecule has 1 atom stereocenters. The van der Waals surface area contributed by atoms with E-state index in [1.807, 2.05) is 24.3 Å². The number of benzene rings is 1. The number of carbonyl (C=O) groups is 2. The highest BCUT2D eigenvalue weighted by Crippen LogP contribution is 2.27. The number of amides is 1. The summed E-state index contributed by atoms with van der Waals surface area (Å²) in [7, 11) is 0. The van der Waals surface area contributed by atoms with Gasteiger partial charge in [0.2, 0.25) is 5.91 Å². The van der Waals surface area contributed by atoms with Crippen LogP contribution < -0.4 is 10.1 Å². The number of hydrogen-bond acceptors (Lipinski definition) is 3. The monoisotopic (exact) mass is 291 g/mol. The lowest BCUT2D eigenvalue weighted by atomic mass is 9.90. The van der Waals surface area contributed by atoms with Gasteiger partial charge in [0.1, 0.15) is 17.9 Å². The normalized spacial score (nSPS) is 17.5. The second kappa shape index (κ2) is 6.16. The third-order valence-electron chi connectivity index (χ3n) is 4.23. The summed E-state index contributed by atoms with van der Waals surface area (Å²) >= 11 is 0. The topological polar surface area (TPSA) is 75.6 Å². The summed E-state index contributed by atoms with van der Waals surface area (Å²) in [5.41, 5.74) is -0.202. The van der Waals surface area contributed by atoms with Gasteiger partial charge in [-0.3, -0.25) is 4.79 Å². The Kier molecular flexibility index (Phi) is 4.50. The van der Waals surface area contributed by atoms with E-state index < -0.39 is 11.5 Å². The average Bonchev–Trinajstić information content (AvgIpc) is 2.51. The van der Waals surface area contributed by atoms with Crippen LogP contribution in [0, 0.1) is 5.92 Å². The van der Waals surface area contributed by atoms with Gasteiger partial charge in [0.25, 0.3) is 0 Å². The Morgan fingerprint density at radius 2 is 2.00 bits per heavy atom. The van der Waals surface area contributed by atoms with Crippen molar-refractivity contribution in [2.45, 2.75) is 38.6 Å². The highest BCUT2D eigenvalue weighted by Gasteiger charge is 2.38. The maximum atomic E-state index is 12.4. The lowest BCUT2D eigenvalue weighted by molar-refractivity contribution is -0.149. The van der Waals surface area contributed by atoms with E-state index in [1.54, 1.807) is 13.8 Å². The second-order valence-electron chi connectivity index (χ2n) is 5.40. The van der Waals surface area contributed by atoms with Gasteiger partial charge < -0.3 is 15.2 Å². The van der Waals surface area contributed by atoms with Crippen LogP contribution in [0.4, 0.5) is 0 Å². The lowest BCUT2D eigenvalue weighted by Gasteiger charge is -2.31. The van der Waals surface area contributed by atoms with Crippen LogP contribution in [0.5, 0.6) is 5.75 Å². The van der Waals surface area contributed by atoms with Crippen LogP contribution in [0.15, 0.2) is 24.3 Å². The molecule has 0 saturated heterocycles. The number of rotatable bonds is 5. The van der Waals surface area contributed by atoms with Crippen LogP contribution in [0.2, 0.25) is 0 Å². The Morgan fingerprint density at radius 1 is 1.33 bits per heavy atom. The van der Waals surface area contributed by atoms with Crippen molar-refractivity contribution in [2.24, 2.45) is 5.92 Å². The largest absolute Gasteiger partial charge is 0.492 e. The van der Waals surface area contributed by atoms with Gasteiger partial charge >= 0.3 is 5.97 Å². The molecule has 1 aliphatic heterocycles. The minimum absolute atomic E-state index is 0.254. The molecule has 1 amide bonds. The molecule has 1 aliphatic rings. The van der Waals surface area contributed by atoms with Crippen molar-refractivity contribution in [1.29, 1.82) is 0 Å². The van der Waals surface area contributed by atoms with Gasteiger partial charge in [-0.15, -0.1) is 0 Å². The van der Waals surface area contributed by atoms with E-state index >= 15 is 0 Å². The third-order valence-corrected chi connectivity index (χ3v) is 4.23. The summed E-state index contributed by atoms with van der Waals surface area (Å²) in [4.78, 5) is 23.8. The van der Waals surface area contributed by atoms with Gasteiger partial charge in [0.05, 0.1) is 5.92 Å². The van der Waals surface area contributed by atoms with Gasteiger partial charge in [-0.05, 0) is 30.9 Å². The van der Waals surface area contributed by atoms with Crippen molar-refractivity contribution in [3.05, 3.63) is 29.8 Å². The molecule has 114 valence electrons. The molecule has 0 fully saturated rings. The molecule has 0 saturated carbocycles. The molecule has 0 aliphatic carbocycles. The molecule has 1 aromatic rings. The van der Waals surface area contributed by atoms with E-state index in [9.17, 15) is 14.7 Å². The smallest absolute Gasteiger partial charge is 0.329 e. The number of ether oxygens (including phenoxy) is 1. The summed E-state index contributed by atoms with van der Waals surface area (Å²) in [6, 6.07) is 7.60. The first kappa shape index (κ1) is 15.4. The molecule has 1 unspecified atom stereocenters. The van der Waals surface area contributed by atoms with Gasteiger partial charge in [0, 0.05) is 0 Å². The molecule has 0 bridgehead atoms. The van der Waals surface area contributed by atoms with Crippen molar-refractivity contribution in [2.75, 3.05) is 6.61 Å². The molecule has 1 aromatic carbocycles. The summed E-state index contributed by atoms with van der Waals surface area (Å²) in [5, 5.41) is 12.1. The van der Waals surface area contributed by atoms with Crippen LogP contribution in [0.3, 0.4) is 0 Å². The maximum absolute atomic E-state index is 12.4. The molecule has 21 heavy (non-hydrogen) atoms. The van der Waals surface area contributed by atoms with Crippen LogP contribution in [0.1, 0.15) is 32.3 Å². The van der Waals surface area contributed by atoms with Crippen molar-refractivity contribution < 1.29 is 19.4 Å². The van der Waals surface area contributed by atoms with Crippen molar-refractivity contribution in [3.8, 4) is 5.75 Å². The molecule has 5 heteroatoms. The Morgan fingerprint density at radius 3 is 2.62 bits per heavy atom. The number of carboxylic acids is 1. The molecule has 0 radical (unpaired) electrons. The van der Waals surface area contributed by atoms with E-state index in [1.165, 1.54) is 0 Å². The van der Waals surface area contributed by atoms with Gasteiger partial charge in [-0.2, -0.15) is 0 Å². The molecule has 1 heterocycles.